The Morgan fingerprint density at radius 2 is 1.91 bits per heavy atom. The Balaban J connectivity index is 1.81. The summed E-state index contributed by atoms with van der Waals surface area (Å²) in [5, 5.41) is 11.7. The molecule has 3 aromatic rings. The summed E-state index contributed by atoms with van der Waals surface area (Å²) in [7, 11) is 0. The van der Waals surface area contributed by atoms with Crippen LogP contribution in [0.5, 0.6) is 5.75 Å². The van der Waals surface area contributed by atoms with Gasteiger partial charge in [-0.05, 0) is 42.0 Å². The second-order valence-electron chi connectivity index (χ2n) is 7.24. The van der Waals surface area contributed by atoms with E-state index >= 15 is 0 Å². The van der Waals surface area contributed by atoms with E-state index in [1.54, 1.807) is 12.1 Å². The molecule has 1 atom stereocenters. The number of carboxylic acid groups (broad SMARTS) is 1. The molecule has 1 aromatic carbocycles. The summed E-state index contributed by atoms with van der Waals surface area (Å²) in [5.74, 6) is -3.21. The second-order valence-corrected chi connectivity index (χ2v) is 7.24. The molecule has 2 N–H and O–H groups in total. The van der Waals surface area contributed by atoms with Crippen LogP contribution in [0.2, 0.25) is 0 Å². The van der Waals surface area contributed by atoms with Crippen molar-refractivity contribution in [1.29, 1.82) is 0 Å². The minimum atomic E-state index is -4.89. The summed E-state index contributed by atoms with van der Waals surface area (Å²) in [6.45, 7) is 0.0625. The number of fused-ring (bicyclic) bond motifs is 1. The fourth-order valence-electron chi connectivity index (χ4n) is 3.66. The van der Waals surface area contributed by atoms with Crippen LogP contribution in [0.3, 0.4) is 0 Å². The number of carbonyl (C=O) groups is 2. The lowest BCUT2D eigenvalue weighted by atomic mass is 9.80. The Labute approximate surface area is 184 Å². The normalized spacial score (nSPS) is 17.6. The molecule has 0 fully saturated rings. The maximum atomic E-state index is 14.5. The average Bonchev–Trinajstić information content (AvgIpc) is 2.78. The van der Waals surface area contributed by atoms with Gasteiger partial charge < -0.3 is 15.2 Å². The molecular weight excluding hydrogens is 446 g/mol. The first kappa shape index (κ1) is 22.2. The summed E-state index contributed by atoms with van der Waals surface area (Å²) < 4.78 is 59.3. The lowest BCUT2D eigenvalue weighted by Crippen LogP contribution is -2.50. The van der Waals surface area contributed by atoms with Crippen molar-refractivity contribution in [2.75, 3.05) is 6.61 Å². The number of amides is 1. The predicted molar refractivity (Wildman–Crippen MR) is 105 cm³/mol. The molecule has 0 bridgehead atoms. The molecule has 2 aromatic heterocycles. The molecule has 0 unspecified atom stereocenters. The van der Waals surface area contributed by atoms with E-state index < -0.39 is 35.0 Å². The maximum absolute atomic E-state index is 14.5. The molecule has 3 heterocycles. The third-order valence-corrected chi connectivity index (χ3v) is 5.25. The number of hydrogen-bond donors (Lipinski definition) is 2. The number of carboxylic acids is 1. The van der Waals surface area contributed by atoms with Gasteiger partial charge in [-0.2, -0.15) is 13.2 Å². The number of ether oxygens (including phenoxy) is 1. The zero-order valence-corrected chi connectivity index (χ0v) is 16.7. The number of halogens is 4. The largest absolute Gasteiger partial charge is 0.491 e. The van der Waals surface area contributed by atoms with Gasteiger partial charge in [0.1, 0.15) is 28.5 Å². The Morgan fingerprint density at radius 3 is 2.55 bits per heavy atom. The first-order valence-corrected chi connectivity index (χ1v) is 9.59. The number of aromatic carboxylic acids is 1. The molecule has 0 radical (unpaired) electrons. The number of hydrogen-bond acceptors (Lipinski definition) is 5. The van der Waals surface area contributed by atoms with Crippen molar-refractivity contribution in [3.05, 3.63) is 88.8 Å². The molecule has 1 aliphatic heterocycles. The van der Waals surface area contributed by atoms with Crippen molar-refractivity contribution in [3.8, 4) is 5.75 Å². The summed E-state index contributed by atoms with van der Waals surface area (Å²) >= 11 is 0. The van der Waals surface area contributed by atoms with E-state index in [0.717, 1.165) is 12.3 Å². The van der Waals surface area contributed by atoms with Crippen molar-refractivity contribution in [2.24, 2.45) is 0 Å². The smallest absolute Gasteiger partial charge is 0.419 e. The van der Waals surface area contributed by atoms with E-state index in [0.29, 0.717) is 12.1 Å². The molecule has 1 amide bonds. The fraction of sp³-hybridized carbons (Fsp3) is 0.182. The zero-order chi connectivity index (χ0) is 23.8. The van der Waals surface area contributed by atoms with Gasteiger partial charge in [0.15, 0.2) is 0 Å². The van der Waals surface area contributed by atoms with Gasteiger partial charge in [-0.1, -0.05) is 6.07 Å². The van der Waals surface area contributed by atoms with E-state index in [9.17, 15) is 27.2 Å². The molecule has 0 spiro atoms. The summed E-state index contributed by atoms with van der Waals surface area (Å²) in [5.41, 5.74) is -3.02. The SMILES string of the molecule is O=C(O)c1ccc(C(=O)N[C@]2(c3ccc(C(F)(F)F)c(F)c3)CCOc3cccnc32)nc1. The Morgan fingerprint density at radius 1 is 1.12 bits per heavy atom. The van der Waals surface area contributed by atoms with Gasteiger partial charge in [0, 0.05) is 18.8 Å². The molecule has 1 aliphatic rings. The van der Waals surface area contributed by atoms with E-state index in [1.165, 1.54) is 18.3 Å². The van der Waals surface area contributed by atoms with Gasteiger partial charge in [0.2, 0.25) is 0 Å². The molecule has 170 valence electrons. The number of nitrogens with zero attached hydrogens (tertiary/aromatic N) is 2. The highest BCUT2D eigenvalue weighted by molar-refractivity contribution is 5.94. The van der Waals surface area contributed by atoms with Crippen molar-refractivity contribution in [1.82, 2.24) is 15.3 Å². The highest BCUT2D eigenvalue weighted by atomic mass is 19.4. The number of nitrogens with one attached hydrogen (secondary N) is 1. The third-order valence-electron chi connectivity index (χ3n) is 5.25. The van der Waals surface area contributed by atoms with Gasteiger partial charge >= 0.3 is 12.1 Å². The molecule has 7 nitrogen and oxygen atoms in total. The number of benzene rings is 1. The van der Waals surface area contributed by atoms with Gasteiger partial charge in [-0.25, -0.2) is 9.18 Å². The number of rotatable bonds is 4. The van der Waals surface area contributed by atoms with Crippen molar-refractivity contribution in [2.45, 2.75) is 18.1 Å². The third kappa shape index (κ3) is 4.09. The zero-order valence-electron chi connectivity index (χ0n) is 16.7. The molecule has 0 saturated carbocycles. The minimum absolute atomic E-state index is 0.0340. The van der Waals surface area contributed by atoms with Crippen LogP contribution in [0.25, 0.3) is 0 Å². The molecule has 11 heteroatoms. The van der Waals surface area contributed by atoms with Crippen LogP contribution >= 0.6 is 0 Å². The Kier molecular flexibility index (Phi) is 5.48. The molecule has 33 heavy (non-hydrogen) atoms. The van der Waals surface area contributed by atoms with E-state index in [1.807, 2.05) is 0 Å². The molecule has 0 saturated heterocycles. The van der Waals surface area contributed by atoms with Crippen LogP contribution in [-0.2, 0) is 11.7 Å². The van der Waals surface area contributed by atoms with E-state index in [4.69, 9.17) is 9.84 Å². The summed E-state index contributed by atoms with van der Waals surface area (Å²) in [6.07, 6.45) is -2.44. The Hall–Kier alpha value is -4.02. The molecule has 4 rings (SSSR count). The molecular formula is C22H15F4N3O4. The number of aromatic nitrogens is 2. The maximum Gasteiger partial charge on any atom is 0.419 e. The van der Waals surface area contributed by atoms with Crippen LogP contribution in [0.4, 0.5) is 17.6 Å². The molecule has 0 aliphatic carbocycles. The van der Waals surface area contributed by atoms with Crippen LogP contribution in [0.1, 0.15) is 44.1 Å². The second kappa shape index (κ2) is 8.15. The number of carbonyl (C=O) groups excluding carboxylic acids is 1. The summed E-state index contributed by atoms with van der Waals surface area (Å²) in [6, 6.07) is 7.93. The van der Waals surface area contributed by atoms with Crippen molar-refractivity contribution >= 4 is 11.9 Å². The topological polar surface area (TPSA) is 101 Å². The van der Waals surface area contributed by atoms with Crippen LogP contribution in [0, 0.1) is 5.82 Å². The highest BCUT2D eigenvalue weighted by Crippen LogP contribution is 2.42. The van der Waals surface area contributed by atoms with Gasteiger partial charge in [-0.15, -0.1) is 0 Å². The first-order valence-electron chi connectivity index (χ1n) is 9.59. The van der Waals surface area contributed by atoms with E-state index in [-0.39, 0.29) is 41.3 Å². The fourth-order valence-corrected chi connectivity index (χ4v) is 3.66. The number of pyridine rings is 2. The first-order chi connectivity index (χ1) is 15.6. The van der Waals surface area contributed by atoms with E-state index in [2.05, 4.69) is 15.3 Å². The minimum Gasteiger partial charge on any atom is -0.491 e. The predicted octanol–water partition coefficient (Wildman–Crippen LogP) is 3.79. The van der Waals surface area contributed by atoms with Gasteiger partial charge in [0.05, 0.1) is 17.7 Å². The number of alkyl halides is 3. The Bertz CT molecular complexity index is 1230. The van der Waals surface area contributed by atoms with Crippen LogP contribution in [-0.4, -0.2) is 33.6 Å². The van der Waals surface area contributed by atoms with Gasteiger partial charge in [0.25, 0.3) is 5.91 Å². The van der Waals surface area contributed by atoms with Crippen LogP contribution in [0.15, 0.2) is 54.9 Å². The monoisotopic (exact) mass is 461 g/mol. The van der Waals surface area contributed by atoms with Crippen molar-refractivity contribution < 1.29 is 37.0 Å². The van der Waals surface area contributed by atoms with Crippen molar-refractivity contribution in [3.63, 3.8) is 0 Å². The lowest BCUT2D eigenvalue weighted by Gasteiger charge is -2.39. The quantitative estimate of drug-likeness (QED) is 0.574. The van der Waals surface area contributed by atoms with Crippen LogP contribution < -0.4 is 10.1 Å². The highest BCUT2D eigenvalue weighted by Gasteiger charge is 2.44. The summed E-state index contributed by atoms with van der Waals surface area (Å²) in [4.78, 5) is 32.1. The standard InChI is InChI=1S/C22H15F4N3O4/c23-15-10-13(4-5-14(15)22(24,25)26)21(7-9-33-17-2-1-8-27-18(17)21)29-19(30)16-6-3-12(11-28-16)20(31)32/h1-6,8,10-11H,7,9H2,(H,29,30)(H,31,32)/t21-/m0/s1. The average molecular weight is 461 g/mol. The lowest BCUT2D eigenvalue weighted by molar-refractivity contribution is -0.140. The van der Waals surface area contributed by atoms with Gasteiger partial charge in [-0.3, -0.25) is 14.8 Å².